The molecule has 0 saturated heterocycles. The third-order valence-corrected chi connectivity index (χ3v) is 7.17. The molecule has 10 heteroatoms. The predicted molar refractivity (Wildman–Crippen MR) is 156 cm³/mol. The maximum Gasteiger partial charge on any atom is 0.338 e. The third-order valence-electron chi connectivity index (χ3n) is 7.17. The van der Waals surface area contributed by atoms with Gasteiger partial charge in [-0.25, -0.2) is 4.79 Å². The van der Waals surface area contributed by atoms with E-state index in [9.17, 15) is 24.3 Å². The average Bonchev–Trinajstić information content (AvgIpc) is 2.96. The highest BCUT2D eigenvalue weighted by Gasteiger charge is 2.48. The Balaban J connectivity index is 2.14. The van der Waals surface area contributed by atoms with E-state index in [0.717, 1.165) is 11.1 Å². The molecule has 0 spiro atoms. The number of hydrogen-bond acceptors (Lipinski definition) is 10. The van der Waals surface area contributed by atoms with Gasteiger partial charge < -0.3 is 28.8 Å². The summed E-state index contributed by atoms with van der Waals surface area (Å²) in [5.41, 5.74) is 2.58. The van der Waals surface area contributed by atoms with Crippen molar-refractivity contribution in [2.45, 2.75) is 85.1 Å². The largest absolute Gasteiger partial charge is 0.462 e. The van der Waals surface area contributed by atoms with Crippen LogP contribution in [0.5, 0.6) is 0 Å². The smallest absolute Gasteiger partial charge is 0.338 e. The summed E-state index contributed by atoms with van der Waals surface area (Å²) in [6.07, 6.45) is -0.171. The monoisotopic (exact) mass is 596 g/mol. The van der Waals surface area contributed by atoms with Crippen LogP contribution in [0.15, 0.2) is 77.6 Å². The Kier molecular flexibility index (Phi) is 11.5. The quantitative estimate of drug-likeness (QED) is 0.255. The molecule has 1 heterocycles. The van der Waals surface area contributed by atoms with E-state index in [1.54, 1.807) is 42.5 Å². The number of hydrogen-bond donors (Lipinski definition) is 1. The Morgan fingerprint density at radius 3 is 2.21 bits per heavy atom. The van der Waals surface area contributed by atoms with E-state index in [1.807, 2.05) is 20.8 Å². The number of rotatable bonds is 8. The first-order chi connectivity index (χ1) is 20.3. The van der Waals surface area contributed by atoms with Gasteiger partial charge in [-0.15, -0.1) is 0 Å². The number of fused-ring (bicyclic) bond motifs is 1. The van der Waals surface area contributed by atoms with Crippen LogP contribution in [0.2, 0.25) is 0 Å². The first-order valence-corrected chi connectivity index (χ1v) is 14.1. The molecule has 0 amide bonds. The van der Waals surface area contributed by atoms with Gasteiger partial charge in [-0.05, 0) is 63.5 Å². The first-order valence-electron chi connectivity index (χ1n) is 14.1. The molecule has 0 saturated carbocycles. The second kappa shape index (κ2) is 14.8. The summed E-state index contributed by atoms with van der Waals surface area (Å²) < 4.78 is 28.6. The van der Waals surface area contributed by atoms with Gasteiger partial charge in [0.25, 0.3) is 0 Å². The van der Waals surface area contributed by atoms with Gasteiger partial charge in [-0.1, -0.05) is 35.9 Å². The van der Waals surface area contributed by atoms with Crippen LogP contribution in [0.25, 0.3) is 0 Å². The molecule has 1 N–H and O–H groups in total. The molecule has 3 rings (SSSR count). The highest BCUT2D eigenvalue weighted by molar-refractivity contribution is 5.89. The SMILES string of the molecule is C=C1[C@H]2[C@@H](OC(C)=O)OC=C([C@H](OC(C)=O)[C@@H](C=C(C)C)OC(=O)c3ccccc3)[C@H]2CC/C(C)=C/[C@H](OC(C)=O)[C@H]1O. The normalized spacial score (nSPS) is 26.1. The fourth-order valence-electron chi connectivity index (χ4n) is 5.35. The molecule has 0 aromatic heterocycles. The molecule has 0 bridgehead atoms. The number of carbonyl (C=O) groups is 4. The summed E-state index contributed by atoms with van der Waals surface area (Å²) in [4.78, 5) is 49.6. The topological polar surface area (TPSA) is 135 Å². The van der Waals surface area contributed by atoms with Gasteiger partial charge in [0.15, 0.2) is 12.2 Å². The van der Waals surface area contributed by atoms with Crippen molar-refractivity contribution in [1.82, 2.24) is 0 Å². The lowest BCUT2D eigenvalue weighted by molar-refractivity contribution is -0.183. The summed E-state index contributed by atoms with van der Waals surface area (Å²) in [5, 5.41) is 11.4. The third kappa shape index (κ3) is 8.90. The van der Waals surface area contributed by atoms with Crippen LogP contribution in [0.3, 0.4) is 0 Å². The molecule has 1 aliphatic carbocycles. The van der Waals surface area contributed by atoms with Crippen LogP contribution in [0.1, 0.15) is 64.7 Å². The van der Waals surface area contributed by atoms with Crippen molar-refractivity contribution in [2.24, 2.45) is 11.8 Å². The van der Waals surface area contributed by atoms with Gasteiger partial charge in [-0.2, -0.15) is 0 Å². The Hall–Kier alpha value is -4.18. The number of carbonyl (C=O) groups excluding carboxylic acids is 4. The van der Waals surface area contributed by atoms with E-state index < -0.39 is 66.4 Å². The summed E-state index contributed by atoms with van der Waals surface area (Å²) in [7, 11) is 0. The summed E-state index contributed by atoms with van der Waals surface area (Å²) >= 11 is 0. The summed E-state index contributed by atoms with van der Waals surface area (Å²) in [6.45, 7) is 13.3. The Morgan fingerprint density at radius 2 is 1.63 bits per heavy atom. The van der Waals surface area contributed by atoms with Gasteiger partial charge in [0.05, 0.1) is 17.7 Å². The van der Waals surface area contributed by atoms with Gasteiger partial charge in [0.2, 0.25) is 6.29 Å². The standard InChI is InChI=1S/C33H40O10/c1-18(2)15-28(43-32(38)24-11-9-8-10-12-24)31(41-22(6)35)26-17-39-33(42-23(7)36)29-20(4)30(37)27(40-21(5)34)16-19(3)13-14-25(26)29/h8-12,15-17,25,27-31,33,37H,4,13-14H2,1-3,5-7H3/b19-16+/t25-,27+,28-,29-,30+,31+,33-/m1/s1. The van der Waals surface area contributed by atoms with Crippen LogP contribution in [0, 0.1) is 11.8 Å². The highest BCUT2D eigenvalue weighted by atomic mass is 16.7. The molecule has 1 aliphatic heterocycles. The summed E-state index contributed by atoms with van der Waals surface area (Å²) in [6, 6.07) is 8.42. The van der Waals surface area contributed by atoms with E-state index in [2.05, 4.69) is 6.58 Å². The maximum atomic E-state index is 13.2. The van der Waals surface area contributed by atoms with Crippen molar-refractivity contribution < 1.29 is 48.0 Å². The Morgan fingerprint density at radius 1 is 0.977 bits per heavy atom. The molecule has 2 aliphatic rings. The molecular formula is C33H40O10. The van der Waals surface area contributed by atoms with Gasteiger partial charge in [0.1, 0.15) is 12.2 Å². The highest BCUT2D eigenvalue weighted by Crippen LogP contribution is 2.44. The lowest BCUT2D eigenvalue weighted by atomic mass is 9.73. The average molecular weight is 597 g/mol. The molecule has 43 heavy (non-hydrogen) atoms. The minimum absolute atomic E-state index is 0.195. The second-order valence-corrected chi connectivity index (χ2v) is 11.0. The van der Waals surface area contributed by atoms with Crippen LogP contribution in [0.4, 0.5) is 0 Å². The predicted octanol–water partition coefficient (Wildman–Crippen LogP) is 4.73. The molecule has 1 aromatic rings. The zero-order valence-electron chi connectivity index (χ0n) is 25.4. The molecule has 1 aromatic carbocycles. The fraction of sp³-hybridized carbons (Fsp3) is 0.455. The van der Waals surface area contributed by atoms with Gasteiger partial charge in [0, 0.05) is 32.3 Å². The zero-order valence-corrected chi connectivity index (χ0v) is 25.4. The zero-order chi connectivity index (χ0) is 31.8. The van der Waals surface area contributed by atoms with Crippen molar-refractivity contribution in [3.05, 3.63) is 83.2 Å². The van der Waals surface area contributed by atoms with Crippen molar-refractivity contribution in [3.63, 3.8) is 0 Å². The molecule has 0 unspecified atom stereocenters. The van der Waals surface area contributed by atoms with E-state index in [-0.39, 0.29) is 5.57 Å². The van der Waals surface area contributed by atoms with Crippen molar-refractivity contribution in [3.8, 4) is 0 Å². The molecular weight excluding hydrogens is 556 g/mol. The van der Waals surface area contributed by atoms with Crippen molar-refractivity contribution in [1.29, 1.82) is 0 Å². The second-order valence-electron chi connectivity index (χ2n) is 11.0. The van der Waals surface area contributed by atoms with Crippen LogP contribution >= 0.6 is 0 Å². The Labute approximate surface area is 252 Å². The van der Waals surface area contributed by atoms with Gasteiger partial charge in [-0.3, -0.25) is 14.4 Å². The number of benzene rings is 1. The van der Waals surface area contributed by atoms with E-state index in [1.165, 1.54) is 27.0 Å². The van der Waals surface area contributed by atoms with E-state index in [0.29, 0.717) is 24.0 Å². The van der Waals surface area contributed by atoms with Crippen molar-refractivity contribution in [2.75, 3.05) is 0 Å². The minimum atomic E-state index is -1.37. The van der Waals surface area contributed by atoms with Gasteiger partial charge >= 0.3 is 23.9 Å². The maximum absolute atomic E-state index is 13.2. The lowest BCUT2D eigenvalue weighted by Gasteiger charge is -2.42. The lowest BCUT2D eigenvalue weighted by Crippen LogP contribution is -2.47. The number of ether oxygens (including phenoxy) is 5. The molecule has 0 fully saturated rings. The first kappa shape index (κ1) is 33.3. The minimum Gasteiger partial charge on any atom is -0.462 e. The summed E-state index contributed by atoms with van der Waals surface area (Å²) in [5.74, 6) is -3.86. The van der Waals surface area contributed by atoms with Crippen LogP contribution < -0.4 is 0 Å². The molecule has 10 nitrogen and oxygen atoms in total. The number of aliphatic hydroxyl groups is 1. The molecule has 232 valence electrons. The number of aliphatic hydroxyl groups excluding tert-OH is 1. The Bertz CT molecular complexity index is 1300. The molecule has 0 radical (unpaired) electrons. The number of esters is 4. The van der Waals surface area contributed by atoms with Crippen LogP contribution in [-0.4, -0.2) is 59.7 Å². The van der Waals surface area contributed by atoms with Crippen molar-refractivity contribution >= 4 is 23.9 Å². The van der Waals surface area contributed by atoms with E-state index >= 15 is 0 Å². The van der Waals surface area contributed by atoms with E-state index in [4.69, 9.17) is 23.7 Å². The fourth-order valence-corrected chi connectivity index (χ4v) is 5.35. The molecule has 7 atom stereocenters. The van der Waals surface area contributed by atoms with Crippen LogP contribution in [-0.2, 0) is 38.1 Å². The number of allylic oxidation sites excluding steroid dienone is 2.